The van der Waals surface area contributed by atoms with Crippen LogP contribution in [0.4, 0.5) is 0 Å². The van der Waals surface area contributed by atoms with E-state index in [1.807, 2.05) is 0 Å². The molecule has 0 radical (unpaired) electrons. The zero-order valence-electron chi connectivity index (χ0n) is 10.2. The van der Waals surface area contributed by atoms with Gasteiger partial charge in [-0.2, -0.15) is 0 Å². The molecule has 0 unspecified atom stereocenters. The van der Waals surface area contributed by atoms with Gasteiger partial charge in [0.05, 0.1) is 32.7 Å². The minimum atomic E-state index is -0.956. The van der Waals surface area contributed by atoms with Crippen LogP contribution >= 0.6 is 11.6 Å². The van der Waals surface area contributed by atoms with Crippen LogP contribution in [0.2, 0.25) is 18.6 Å². The van der Waals surface area contributed by atoms with Crippen molar-refractivity contribution in [3.05, 3.63) is 0 Å². The summed E-state index contributed by atoms with van der Waals surface area (Å²) < 4.78 is 1.11. The molecule has 0 saturated heterocycles. The van der Waals surface area contributed by atoms with Crippen molar-refractivity contribution in [2.24, 2.45) is 0 Å². The molecule has 0 aromatic rings. The van der Waals surface area contributed by atoms with Crippen LogP contribution < -0.4 is 24.0 Å². The second kappa shape index (κ2) is 7.47. The Morgan fingerprint density at radius 3 is 1.86 bits per heavy atom. The average molecular weight is 350 g/mol. The standard InChI is InChI=1S/C10H25ClNSi.HI/c1-6-13(5,7-2)10-12(3,4)9-8-11;/h6-10H2,1-5H3;1H/q+1;/p-1. The van der Waals surface area contributed by atoms with Crippen LogP contribution in [-0.2, 0) is 0 Å². The third-order valence-electron chi connectivity index (χ3n) is 3.21. The van der Waals surface area contributed by atoms with Crippen molar-refractivity contribution in [2.45, 2.75) is 32.5 Å². The van der Waals surface area contributed by atoms with Crippen molar-refractivity contribution in [3.63, 3.8) is 0 Å². The fourth-order valence-corrected chi connectivity index (χ4v) is 5.44. The highest BCUT2D eigenvalue weighted by atomic mass is 127. The van der Waals surface area contributed by atoms with Crippen molar-refractivity contribution < 1.29 is 28.5 Å². The summed E-state index contributed by atoms with van der Waals surface area (Å²) >= 11 is 5.80. The van der Waals surface area contributed by atoms with Crippen LogP contribution in [0.5, 0.6) is 0 Å². The number of hydrogen-bond acceptors (Lipinski definition) is 0. The van der Waals surface area contributed by atoms with E-state index in [1.165, 1.54) is 18.3 Å². The molecule has 14 heavy (non-hydrogen) atoms. The molecule has 0 aromatic carbocycles. The van der Waals surface area contributed by atoms with Gasteiger partial charge in [0.15, 0.2) is 0 Å². The second-order valence-corrected chi connectivity index (χ2v) is 10.8. The van der Waals surface area contributed by atoms with E-state index in [4.69, 9.17) is 11.6 Å². The molecule has 4 heteroatoms. The van der Waals surface area contributed by atoms with Crippen LogP contribution in [0.25, 0.3) is 0 Å². The number of alkyl halides is 1. The highest BCUT2D eigenvalue weighted by Crippen LogP contribution is 2.18. The minimum absolute atomic E-state index is 0. The Morgan fingerprint density at radius 1 is 1.14 bits per heavy atom. The normalized spacial score (nSPS) is 12.4. The third-order valence-corrected chi connectivity index (χ3v) is 8.41. The Hall–Kier alpha value is 1.20. The molecule has 0 bridgehead atoms. The van der Waals surface area contributed by atoms with Crippen LogP contribution in [0, 0.1) is 0 Å². The molecule has 0 rings (SSSR count). The number of rotatable bonds is 6. The van der Waals surface area contributed by atoms with E-state index in [0.717, 1.165) is 16.9 Å². The molecule has 0 fully saturated rings. The summed E-state index contributed by atoms with van der Waals surface area (Å²) in [5, 5.41) is 0. The fraction of sp³-hybridized carbons (Fsp3) is 1.00. The van der Waals surface area contributed by atoms with E-state index in [2.05, 4.69) is 34.5 Å². The van der Waals surface area contributed by atoms with Crippen molar-refractivity contribution >= 4 is 19.7 Å². The summed E-state index contributed by atoms with van der Waals surface area (Å²) in [7, 11) is 3.65. The number of quaternary nitrogens is 1. The summed E-state index contributed by atoms with van der Waals surface area (Å²) in [5.74, 6) is 0.783. The first-order valence-corrected chi connectivity index (χ1v) is 8.92. The molecule has 0 saturated carbocycles. The van der Waals surface area contributed by atoms with E-state index >= 15 is 0 Å². The lowest BCUT2D eigenvalue weighted by Crippen LogP contribution is -3.00. The van der Waals surface area contributed by atoms with Crippen LogP contribution in [-0.4, -0.2) is 45.2 Å². The summed E-state index contributed by atoms with van der Waals surface area (Å²) in [6.45, 7) is 8.30. The first-order valence-electron chi connectivity index (χ1n) is 5.27. The molecular weight excluding hydrogens is 325 g/mol. The number of nitrogens with zero attached hydrogens (tertiary/aromatic N) is 1. The Bertz CT molecular complexity index is 149. The fourth-order valence-electron chi connectivity index (χ4n) is 1.81. The van der Waals surface area contributed by atoms with E-state index in [0.29, 0.717) is 0 Å². The lowest BCUT2D eigenvalue weighted by atomic mass is 10.6. The third kappa shape index (κ3) is 6.64. The highest BCUT2D eigenvalue weighted by molar-refractivity contribution is 6.78. The summed E-state index contributed by atoms with van der Waals surface area (Å²) in [5.41, 5.74) is 0. The van der Waals surface area contributed by atoms with Gasteiger partial charge in [-0.05, 0) is 0 Å². The molecule has 88 valence electrons. The Balaban J connectivity index is 0. The smallest absolute Gasteiger partial charge is 0.116 e. The van der Waals surface area contributed by atoms with Crippen molar-refractivity contribution in [1.29, 1.82) is 0 Å². The summed E-state index contributed by atoms with van der Waals surface area (Å²) in [6.07, 6.45) is 1.37. The molecule has 0 spiro atoms. The predicted octanol–water partition coefficient (Wildman–Crippen LogP) is -0.0368. The summed E-state index contributed by atoms with van der Waals surface area (Å²) in [4.78, 5) is 0. The highest BCUT2D eigenvalue weighted by Gasteiger charge is 2.31. The van der Waals surface area contributed by atoms with Gasteiger partial charge in [-0.15, -0.1) is 11.6 Å². The van der Waals surface area contributed by atoms with Gasteiger partial charge in [0, 0.05) is 0 Å². The van der Waals surface area contributed by atoms with Crippen LogP contribution in [0.3, 0.4) is 0 Å². The molecule has 0 N–H and O–H groups in total. The molecule has 0 aliphatic rings. The van der Waals surface area contributed by atoms with Gasteiger partial charge in [-0.3, -0.25) is 0 Å². The molecule has 1 nitrogen and oxygen atoms in total. The largest absolute Gasteiger partial charge is 1.00 e. The topological polar surface area (TPSA) is 0 Å². The van der Waals surface area contributed by atoms with Gasteiger partial charge in [-0.1, -0.05) is 32.5 Å². The molecule has 0 aliphatic heterocycles. The van der Waals surface area contributed by atoms with Crippen LogP contribution in [0.15, 0.2) is 0 Å². The maximum atomic E-state index is 5.80. The maximum Gasteiger partial charge on any atom is 0.116 e. The quantitative estimate of drug-likeness (QED) is 0.273. The zero-order chi connectivity index (χ0) is 10.5. The Morgan fingerprint density at radius 2 is 1.57 bits per heavy atom. The monoisotopic (exact) mass is 349 g/mol. The van der Waals surface area contributed by atoms with E-state index < -0.39 is 8.07 Å². The van der Waals surface area contributed by atoms with E-state index in [-0.39, 0.29) is 24.0 Å². The van der Waals surface area contributed by atoms with Gasteiger partial charge in [0.1, 0.15) is 8.07 Å². The Labute approximate surface area is 113 Å². The molecule has 0 atom stereocenters. The van der Waals surface area contributed by atoms with Gasteiger partial charge in [0.25, 0.3) is 0 Å². The molecule has 0 aliphatic carbocycles. The molecule has 0 aromatic heterocycles. The molecule has 0 amide bonds. The predicted molar refractivity (Wildman–Crippen MR) is 65.1 cm³/mol. The number of hydrogen-bond donors (Lipinski definition) is 0. The lowest BCUT2D eigenvalue weighted by Gasteiger charge is -2.37. The summed E-state index contributed by atoms with van der Waals surface area (Å²) in [6, 6.07) is 2.79. The first kappa shape index (κ1) is 17.6. The van der Waals surface area contributed by atoms with E-state index in [1.54, 1.807) is 0 Å². The average Bonchev–Trinajstić information content (AvgIpc) is 2.03. The van der Waals surface area contributed by atoms with Gasteiger partial charge < -0.3 is 28.5 Å². The van der Waals surface area contributed by atoms with Crippen LogP contribution in [0.1, 0.15) is 13.8 Å². The van der Waals surface area contributed by atoms with Gasteiger partial charge in [0.2, 0.25) is 0 Å². The second-order valence-electron chi connectivity index (χ2n) is 5.02. The van der Waals surface area contributed by atoms with Gasteiger partial charge >= 0.3 is 0 Å². The van der Waals surface area contributed by atoms with Crippen molar-refractivity contribution in [2.75, 3.05) is 32.7 Å². The lowest BCUT2D eigenvalue weighted by molar-refractivity contribution is -0.878. The van der Waals surface area contributed by atoms with E-state index in [9.17, 15) is 0 Å². The van der Waals surface area contributed by atoms with Crippen molar-refractivity contribution in [1.82, 2.24) is 0 Å². The Kier molecular flexibility index (Phi) is 9.38. The molecular formula is C10H25ClINSi. The van der Waals surface area contributed by atoms with Crippen molar-refractivity contribution in [3.8, 4) is 0 Å². The zero-order valence-corrected chi connectivity index (χ0v) is 14.2. The maximum absolute atomic E-state index is 5.80. The SMILES string of the molecule is CC[Si](C)(CC)C[N+](C)(C)CCCl.[I-]. The number of halogens is 2. The molecule has 0 heterocycles. The van der Waals surface area contributed by atoms with Gasteiger partial charge in [-0.25, -0.2) is 0 Å². The first-order chi connectivity index (χ1) is 5.89. The minimum Gasteiger partial charge on any atom is -1.00 e.